The van der Waals surface area contributed by atoms with Gasteiger partial charge in [-0.25, -0.2) is 0 Å². The average Bonchev–Trinajstić information content (AvgIpc) is 2.57. The lowest BCUT2D eigenvalue weighted by Gasteiger charge is -2.28. The van der Waals surface area contributed by atoms with E-state index in [4.69, 9.17) is 8.92 Å². The van der Waals surface area contributed by atoms with Crippen molar-refractivity contribution >= 4 is 16.1 Å². The van der Waals surface area contributed by atoms with E-state index in [9.17, 15) is 13.2 Å². The third-order valence-electron chi connectivity index (χ3n) is 4.66. The van der Waals surface area contributed by atoms with Crippen LogP contribution in [0.4, 0.5) is 0 Å². The van der Waals surface area contributed by atoms with E-state index >= 15 is 0 Å². The second-order valence-electron chi connectivity index (χ2n) is 6.70. The summed E-state index contributed by atoms with van der Waals surface area (Å²) in [4.78, 5) is 11.6. The Balaban J connectivity index is 1.74. The average molecular weight is 368 g/mol. The van der Waals surface area contributed by atoms with Crippen molar-refractivity contribution < 1.29 is 22.1 Å². The van der Waals surface area contributed by atoms with Crippen LogP contribution < -0.4 is 0 Å². The highest BCUT2D eigenvalue weighted by Gasteiger charge is 2.27. The van der Waals surface area contributed by atoms with Crippen LogP contribution in [0.2, 0.25) is 0 Å². The van der Waals surface area contributed by atoms with Crippen LogP contribution in [0.5, 0.6) is 0 Å². The topological polar surface area (TPSA) is 69.7 Å². The molecule has 0 amide bonds. The van der Waals surface area contributed by atoms with Gasteiger partial charge in [0.05, 0.1) is 17.6 Å². The molecule has 0 heterocycles. The van der Waals surface area contributed by atoms with Gasteiger partial charge in [-0.05, 0) is 70.4 Å². The SMILES string of the molecule is CCOC(=O)CCCC1CCC(OS(=O)(=O)c2ccc(C)cc2)CC1. The minimum atomic E-state index is -3.69. The van der Waals surface area contributed by atoms with Gasteiger partial charge in [0, 0.05) is 6.42 Å². The Bertz CT molecular complexity index is 643. The predicted molar refractivity (Wildman–Crippen MR) is 95.7 cm³/mol. The highest BCUT2D eigenvalue weighted by molar-refractivity contribution is 7.86. The van der Waals surface area contributed by atoms with E-state index in [0.717, 1.165) is 44.1 Å². The molecule has 0 aromatic heterocycles. The van der Waals surface area contributed by atoms with Crippen LogP contribution in [-0.4, -0.2) is 27.1 Å². The molecule has 0 atom stereocenters. The second-order valence-corrected chi connectivity index (χ2v) is 8.28. The van der Waals surface area contributed by atoms with E-state index in [-0.39, 0.29) is 17.0 Å². The van der Waals surface area contributed by atoms with Crippen molar-refractivity contribution in [1.29, 1.82) is 0 Å². The van der Waals surface area contributed by atoms with Crippen molar-refractivity contribution in [2.45, 2.75) is 69.8 Å². The first kappa shape index (κ1) is 19.9. The van der Waals surface area contributed by atoms with Crippen molar-refractivity contribution in [3.8, 4) is 0 Å². The van der Waals surface area contributed by atoms with Gasteiger partial charge < -0.3 is 4.74 Å². The van der Waals surface area contributed by atoms with Gasteiger partial charge in [-0.3, -0.25) is 8.98 Å². The summed E-state index contributed by atoms with van der Waals surface area (Å²) in [6.07, 6.45) is 5.41. The van der Waals surface area contributed by atoms with Crippen molar-refractivity contribution in [3.05, 3.63) is 29.8 Å². The normalized spacial score (nSPS) is 21.0. The molecule has 1 aromatic rings. The van der Waals surface area contributed by atoms with Crippen LogP contribution in [0.15, 0.2) is 29.2 Å². The van der Waals surface area contributed by atoms with E-state index in [2.05, 4.69) is 0 Å². The van der Waals surface area contributed by atoms with Crippen LogP contribution in [-0.2, 0) is 23.8 Å². The zero-order chi connectivity index (χ0) is 18.3. The highest BCUT2D eigenvalue weighted by Crippen LogP contribution is 2.31. The molecule has 1 aliphatic rings. The summed E-state index contributed by atoms with van der Waals surface area (Å²) in [6.45, 7) is 4.15. The smallest absolute Gasteiger partial charge is 0.305 e. The molecule has 2 rings (SSSR count). The maximum Gasteiger partial charge on any atom is 0.305 e. The van der Waals surface area contributed by atoms with Crippen LogP contribution in [0.25, 0.3) is 0 Å². The molecule has 1 saturated carbocycles. The molecule has 0 unspecified atom stereocenters. The molecule has 0 aliphatic heterocycles. The minimum Gasteiger partial charge on any atom is -0.466 e. The molecule has 0 radical (unpaired) electrons. The number of hydrogen-bond acceptors (Lipinski definition) is 5. The van der Waals surface area contributed by atoms with Gasteiger partial charge in [-0.1, -0.05) is 17.7 Å². The fourth-order valence-corrected chi connectivity index (χ4v) is 4.36. The molecule has 0 saturated heterocycles. The van der Waals surface area contributed by atoms with Crippen molar-refractivity contribution in [2.24, 2.45) is 5.92 Å². The van der Waals surface area contributed by atoms with Crippen LogP contribution in [0.3, 0.4) is 0 Å². The van der Waals surface area contributed by atoms with Gasteiger partial charge in [-0.15, -0.1) is 0 Å². The zero-order valence-electron chi connectivity index (χ0n) is 15.1. The van der Waals surface area contributed by atoms with Gasteiger partial charge in [0.15, 0.2) is 0 Å². The van der Waals surface area contributed by atoms with E-state index in [1.165, 1.54) is 0 Å². The number of esters is 1. The Morgan fingerprint density at radius 3 is 2.36 bits per heavy atom. The van der Waals surface area contributed by atoms with Gasteiger partial charge in [-0.2, -0.15) is 8.42 Å². The van der Waals surface area contributed by atoms with Crippen LogP contribution in [0, 0.1) is 12.8 Å². The minimum absolute atomic E-state index is 0.135. The molecule has 140 valence electrons. The third kappa shape index (κ3) is 6.44. The van der Waals surface area contributed by atoms with Gasteiger partial charge in [0.2, 0.25) is 0 Å². The third-order valence-corrected chi connectivity index (χ3v) is 6.04. The summed E-state index contributed by atoms with van der Waals surface area (Å²) >= 11 is 0. The summed E-state index contributed by atoms with van der Waals surface area (Å²) < 4.78 is 35.0. The molecular weight excluding hydrogens is 340 g/mol. The lowest BCUT2D eigenvalue weighted by molar-refractivity contribution is -0.143. The largest absolute Gasteiger partial charge is 0.466 e. The molecule has 6 heteroatoms. The fraction of sp³-hybridized carbons (Fsp3) is 0.632. The lowest BCUT2D eigenvalue weighted by Crippen LogP contribution is -2.24. The van der Waals surface area contributed by atoms with Gasteiger partial charge in [0.25, 0.3) is 10.1 Å². The summed E-state index contributed by atoms with van der Waals surface area (Å²) in [5.41, 5.74) is 1.02. The van der Waals surface area contributed by atoms with Gasteiger partial charge >= 0.3 is 5.97 Å². The summed E-state index contributed by atoms with van der Waals surface area (Å²) in [6, 6.07) is 6.73. The fourth-order valence-electron chi connectivity index (χ4n) is 3.22. The molecule has 5 nitrogen and oxygen atoms in total. The first-order valence-electron chi connectivity index (χ1n) is 9.06. The number of carbonyl (C=O) groups excluding carboxylic acids is 1. The Labute approximate surface area is 150 Å². The molecule has 1 fully saturated rings. The number of rotatable bonds is 8. The molecule has 25 heavy (non-hydrogen) atoms. The second kappa shape index (κ2) is 9.34. The maximum atomic E-state index is 12.3. The van der Waals surface area contributed by atoms with Crippen LogP contribution in [0.1, 0.15) is 57.4 Å². The quantitative estimate of drug-likeness (QED) is 0.512. The Kier molecular flexibility index (Phi) is 7.44. The molecule has 0 bridgehead atoms. The summed E-state index contributed by atoms with van der Waals surface area (Å²) in [5.74, 6) is 0.403. The number of ether oxygens (including phenoxy) is 1. The maximum absolute atomic E-state index is 12.3. The van der Waals surface area contributed by atoms with E-state index in [1.54, 1.807) is 24.3 Å². The van der Waals surface area contributed by atoms with Crippen molar-refractivity contribution in [2.75, 3.05) is 6.61 Å². The van der Waals surface area contributed by atoms with Gasteiger partial charge in [0.1, 0.15) is 0 Å². The monoisotopic (exact) mass is 368 g/mol. The summed E-state index contributed by atoms with van der Waals surface area (Å²) in [7, 11) is -3.69. The molecule has 0 N–H and O–H groups in total. The van der Waals surface area contributed by atoms with Crippen molar-refractivity contribution in [3.63, 3.8) is 0 Å². The Morgan fingerprint density at radius 1 is 1.12 bits per heavy atom. The summed E-state index contributed by atoms with van der Waals surface area (Å²) in [5, 5.41) is 0. The highest BCUT2D eigenvalue weighted by atomic mass is 32.2. The Morgan fingerprint density at radius 2 is 1.76 bits per heavy atom. The van der Waals surface area contributed by atoms with E-state index < -0.39 is 10.1 Å². The first-order chi connectivity index (χ1) is 11.9. The molecule has 0 spiro atoms. The standard InChI is InChI=1S/C19H28O5S/c1-3-23-19(20)6-4-5-16-9-11-17(12-10-16)24-25(21,22)18-13-7-15(2)8-14-18/h7-8,13-14,16-17H,3-6,9-12H2,1-2H3. The van der Waals surface area contributed by atoms with E-state index in [0.29, 0.717) is 18.9 Å². The molecule has 1 aliphatic carbocycles. The molecular formula is C19H28O5S. The first-order valence-corrected chi connectivity index (χ1v) is 10.5. The molecule has 1 aromatic carbocycles. The lowest BCUT2D eigenvalue weighted by atomic mass is 9.84. The number of carbonyl (C=O) groups is 1. The van der Waals surface area contributed by atoms with Crippen LogP contribution >= 0.6 is 0 Å². The Hall–Kier alpha value is -1.40. The van der Waals surface area contributed by atoms with E-state index in [1.807, 2.05) is 13.8 Å². The zero-order valence-corrected chi connectivity index (χ0v) is 15.9. The predicted octanol–water partition coefficient (Wildman–Crippen LogP) is 3.99. The number of hydrogen-bond donors (Lipinski definition) is 0. The number of benzene rings is 1. The van der Waals surface area contributed by atoms with Crippen molar-refractivity contribution in [1.82, 2.24) is 0 Å². The number of aryl methyl sites for hydroxylation is 1.